The number of aromatic nitrogens is 2. The molecule has 2 rings (SSSR count). The second kappa shape index (κ2) is 6.27. The molecule has 4 nitrogen and oxygen atoms in total. The van der Waals surface area contributed by atoms with Crippen LogP contribution >= 0.6 is 15.9 Å². The van der Waals surface area contributed by atoms with E-state index >= 15 is 0 Å². The van der Waals surface area contributed by atoms with E-state index in [1.165, 1.54) is 18.5 Å². The average molecular weight is 330 g/mol. The van der Waals surface area contributed by atoms with Gasteiger partial charge in [-0.15, -0.1) is 0 Å². The van der Waals surface area contributed by atoms with E-state index in [0.717, 1.165) is 18.8 Å². The molecule has 0 aromatic carbocycles. The Balaban J connectivity index is 2.23. The van der Waals surface area contributed by atoms with E-state index in [9.17, 15) is 0 Å². The molecule has 0 saturated heterocycles. The maximum absolute atomic E-state index is 5.52. The summed E-state index contributed by atoms with van der Waals surface area (Å²) in [7, 11) is 5.92. The smallest absolute Gasteiger partial charge is 0.160 e. The number of hydrogen-bond acceptors (Lipinski definition) is 3. The third kappa shape index (κ3) is 3.14. The highest BCUT2D eigenvalue weighted by Crippen LogP contribution is 2.45. The molecule has 1 aromatic heterocycles. The summed E-state index contributed by atoms with van der Waals surface area (Å²) in [6.45, 7) is 4.23. The Morgan fingerprint density at radius 3 is 2.74 bits per heavy atom. The van der Waals surface area contributed by atoms with Crippen molar-refractivity contribution in [3.05, 3.63) is 11.9 Å². The number of hydrogen-bond donors (Lipinski definition) is 0. The first-order valence-corrected chi connectivity index (χ1v) is 7.84. The fourth-order valence-corrected chi connectivity index (χ4v) is 3.52. The molecule has 3 unspecified atom stereocenters. The maximum Gasteiger partial charge on any atom is 0.160 e. The van der Waals surface area contributed by atoms with Crippen molar-refractivity contribution >= 4 is 15.9 Å². The molecule has 0 radical (unpaired) electrons. The van der Waals surface area contributed by atoms with Crippen molar-refractivity contribution in [3.8, 4) is 5.75 Å². The molecule has 19 heavy (non-hydrogen) atoms. The molecule has 0 bridgehead atoms. The van der Waals surface area contributed by atoms with Gasteiger partial charge in [0.05, 0.1) is 25.5 Å². The summed E-state index contributed by atoms with van der Waals surface area (Å²) in [5, 5.41) is 4.51. The summed E-state index contributed by atoms with van der Waals surface area (Å²) in [6.07, 6.45) is 4.30. The van der Waals surface area contributed by atoms with Crippen molar-refractivity contribution in [3.63, 3.8) is 0 Å². The number of alkyl halides is 1. The number of rotatable bonds is 5. The second-order valence-corrected chi connectivity index (χ2v) is 6.86. The Morgan fingerprint density at radius 1 is 1.47 bits per heavy atom. The van der Waals surface area contributed by atoms with Crippen molar-refractivity contribution in [2.45, 2.75) is 37.1 Å². The quantitative estimate of drug-likeness (QED) is 0.778. The van der Waals surface area contributed by atoms with Crippen LogP contribution in [0.25, 0.3) is 0 Å². The van der Waals surface area contributed by atoms with E-state index in [1.54, 1.807) is 7.11 Å². The van der Waals surface area contributed by atoms with E-state index < -0.39 is 0 Å². The maximum atomic E-state index is 5.52. The van der Waals surface area contributed by atoms with E-state index in [1.807, 2.05) is 6.20 Å². The van der Waals surface area contributed by atoms with Gasteiger partial charge in [0, 0.05) is 17.3 Å². The topological polar surface area (TPSA) is 30.3 Å². The number of likely N-dealkylation sites (N-methyl/N-ethyl adjacent to an activating group) is 1. The van der Waals surface area contributed by atoms with Gasteiger partial charge in [-0.2, -0.15) is 5.10 Å². The first-order chi connectivity index (χ1) is 9.04. The Hall–Kier alpha value is -0.550. The number of halogens is 1. The summed E-state index contributed by atoms with van der Waals surface area (Å²) in [5.41, 5.74) is 1.28. The lowest BCUT2D eigenvalue weighted by atomic mass is 9.94. The minimum absolute atomic E-state index is 0.545. The van der Waals surface area contributed by atoms with Crippen molar-refractivity contribution in [1.29, 1.82) is 0 Å². The van der Waals surface area contributed by atoms with Crippen LogP contribution in [0.5, 0.6) is 5.75 Å². The standard InChI is InChI=1S/C14H24BrN3O/c1-10-11(5-6-12(10)15)14-13(19-4)9-16-18(14)8-7-17(2)3/h9-12H,5-8H2,1-4H3. The lowest BCUT2D eigenvalue weighted by Crippen LogP contribution is -2.22. The molecule has 108 valence electrons. The summed E-state index contributed by atoms with van der Waals surface area (Å²) < 4.78 is 7.65. The SMILES string of the molecule is COc1cnn(CCN(C)C)c1C1CCC(Br)C1C. The van der Waals surface area contributed by atoms with Gasteiger partial charge in [0.15, 0.2) is 5.75 Å². The van der Waals surface area contributed by atoms with Crippen LogP contribution in [-0.4, -0.2) is 47.3 Å². The molecule has 0 amide bonds. The fraction of sp³-hybridized carbons (Fsp3) is 0.786. The van der Waals surface area contributed by atoms with Crippen LogP contribution < -0.4 is 4.74 Å². The average Bonchev–Trinajstić information content (AvgIpc) is 2.92. The normalized spacial score (nSPS) is 27.2. The highest BCUT2D eigenvalue weighted by atomic mass is 79.9. The summed E-state index contributed by atoms with van der Waals surface area (Å²) in [5.74, 6) is 2.12. The van der Waals surface area contributed by atoms with Crippen LogP contribution in [-0.2, 0) is 6.54 Å². The predicted molar refractivity (Wildman–Crippen MR) is 81.2 cm³/mol. The molecule has 1 aliphatic carbocycles. The summed E-state index contributed by atoms with van der Waals surface area (Å²) >= 11 is 3.78. The molecule has 1 fully saturated rings. The summed E-state index contributed by atoms with van der Waals surface area (Å²) in [6, 6.07) is 0. The molecular weight excluding hydrogens is 306 g/mol. The zero-order valence-corrected chi connectivity index (χ0v) is 13.9. The molecule has 1 aliphatic rings. The molecule has 0 aliphatic heterocycles. The van der Waals surface area contributed by atoms with Gasteiger partial charge in [-0.05, 0) is 32.9 Å². The largest absolute Gasteiger partial charge is 0.493 e. The molecule has 1 aromatic rings. The highest BCUT2D eigenvalue weighted by Gasteiger charge is 2.36. The molecule has 3 atom stereocenters. The third-order valence-corrected chi connectivity index (χ3v) is 5.43. The van der Waals surface area contributed by atoms with Gasteiger partial charge >= 0.3 is 0 Å². The Labute approximate surface area is 124 Å². The van der Waals surface area contributed by atoms with Gasteiger partial charge in [-0.25, -0.2) is 0 Å². The van der Waals surface area contributed by atoms with Gasteiger partial charge in [0.25, 0.3) is 0 Å². The first kappa shape index (κ1) is 14.9. The predicted octanol–water partition coefficient (Wildman–Crippen LogP) is 2.73. The van der Waals surface area contributed by atoms with Gasteiger partial charge in [0.1, 0.15) is 0 Å². The monoisotopic (exact) mass is 329 g/mol. The van der Waals surface area contributed by atoms with Gasteiger partial charge < -0.3 is 9.64 Å². The van der Waals surface area contributed by atoms with Crippen molar-refractivity contribution < 1.29 is 4.74 Å². The van der Waals surface area contributed by atoms with Crippen molar-refractivity contribution in [1.82, 2.24) is 14.7 Å². The molecule has 0 spiro atoms. The number of methoxy groups -OCH3 is 1. The molecule has 0 N–H and O–H groups in total. The zero-order valence-electron chi connectivity index (χ0n) is 12.3. The van der Waals surface area contributed by atoms with E-state index in [2.05, 4.69) is 51.6 Å². The van der Waals surface area contributed by atoms with Crippen molar-refractivity contribution in [2.24, 2.45) is 5.92 Å². The lowest BCUT2D eigenvalue weighted by Gasteiger charge is -2.21. The van der Waals surface area contributed by atoms with Crippen LogP contribution in [0.2, 0.25) is 0 Å². The van der Waals surface area contributed by atoms with E-state index in [4.69, 9.17) is 4.74 Å². The highest BCUT2D eigenvalue weighted by molar-refractivity contribution is 9.09. The fourth-order valence-electron chi connectivity index (χ4n) is 2.88. The van der Waals surface area contributed by atoms with Crippen LogP contribution in [0.1, 0.15) is 31.4 Å². The van der Waals surface area contributed by atoms with Crippen molar-refractivity contribution in [2.75, 3.05) is 27.7 Å². The lowest BCUT2D eigenvalue weighted by molar-refractivity contribution is 0.354. The first-order valence-electron chi connectivity index (χ1n) is 6.93. The molecule has 5 heteroatoms. The Morgan fingerprint density at radius 2 is 2.21 bits per heavy atom. The molecule has 1 saturated carbocycles. The van der Waals surface area contributed by atoms with Crippen LogP contribution in [0.3, 0.4) is 0 Å². The molecule has 1 heterocycles. The van der Waals surface area contributed by atoms with Gasteiger partial charge in [-0.1, -0.05) is 22.9 Å². The minimum Gasteiger partial charge on any atom is -0.493 e. The number of nitrogens with zero attached hydrogens (tertiary/aromatic N) is 3. The van der Waals surface area contributed by atoms with Gasteiger partial charge in [0.2, 0.25) is 0 Å². The minimum atomic E-state index is 0.545. The third-order valence-electron chi connectivity index (χ3n) is 4.13. The Bertz CT molecular complexity index is 419. The van der Waals surface area contributed by atoms with Gasteiger partial charge in [-0.3, -0.25) is 4.68 Å². The van der Waals surface area contributed by atoms with E-state index in [0.29, 0.717) is 16.7 Å². The van der Waals surface area contributed by atoms with Crippen LogP contribution in [0.4, 0.5) is 0 Å². The van der Waals surface area contributed by atoms with E-state index in [-0.39, 0.29) is 0 Å². The zero-order chi connectivity index (χ0) is 14.0. The van der Waals surface area contributed by atoms with Crippen LogP contribution in [0, 0.1) is 5.92 Å². The number of ether oxygens (including phenoxy) is 1. The Kier molecular flexibility index (Phi) is 4.90. The molecular formula is C14H24BrN3O. The second-order valence-electron chi connectivity index (χ2n) is 5.68. The van der Waals surface area contributed by atoms with Crippen LogP contribution in [0.15, 0.2) is 6.20 Å². The summed E-state index contributed by atoms with van der Waals surface area (Å²) in [4.78, 5) is 2.79.